The van der Waals surface area contributed by atoms with Crippen molar-refractivity contribution in [1.82, 2.24) is 4.90 Å². The molecule has 1 N–H and O–H groups in total. The van der Waals surface area contributed by atoms with Crippen molar-refractivity contribution >= 4 is 33.3 Å². The number of nitrogens with one attached hydrogen (secondary N) is 1. The number of carbonyl (C=O) groups excluding carboxylic acids is 2. The molecule has 2 saturated heterocycles. The third-order valence-electron chi connectivity index (χ3n) is 7.50. The summed E-state index contributed by atoms with van der Waals surface area (Å²) in [7, 11) is 0. The van der Waals surface area contributed by atoms with Crippen molar-refractivity contribution in [3.8, 4) is 0 Å². The molecule has 3 aromatic carbocycles. The highest BCUT2D eigenvalue weighted by Crippen LogP contribution is 2.61. The van der Waals surface area contributed by atoms with Crippen LogP contribution in [0, 0.1) is 5.92 Å². The molecule has 3 aliphatic heterocycles. The van der Waals surface area contributed by atoms with Gasteiger partial charge in [0.2, 0.25) is 5.91 Å². The highest BCUT2D eigenvalue weighted by atomic mass is 79.9. The molecule has 0 aliphatic carbocycles. The summed E-state index contributed by atoms with van der Waals surface area (Å²) in [4.78, 5) is 30.5. The van der Waals surface area contributed by atoms with E-state index in [1.165, 1.54) is 0 Å². The summed E-state index contributed by atoms with van der Waals surface area (Å²) in [6, 6.07) is 25.9. The lowest BCUT2D eigenvalue weighted by molar-refractivity contribution is -0.127. The third-order valence-corrected chi connectivity index (χ3v) is 8.03. The Balaban J connectivity index is 1.61. The van der Waals surface area contributed by atoms with Gasteiger partial charge in [-0.05, 0) is 43.1 Å². The van der Waals surface area contributed by atoms with Gasteiger partial charge >= 0.3 is 0 Å². The summed E-state index contributed by atoms with van der Waals surface area (Å²) in [6.45, 7) is 0.819. The standard InChI is InChI=1S/C27H23BrN2O2/c28-19-14-12-18(13-15-19)25(31)24-23(17-7-2-1-3-8-17)22-11-6-16-30(22)27(24)20-9-4-5-10-21(20)29-26(27)32/h1-5,7-10,12-15,22-24H,6,11,16H2,(H,29,32). The second-order valence-corrected chi connectivity index (χ2v) is 9.87. The Morgan fingerprint density at radius 2 is 1.69 bits per heavy atom. The summed E-state index contributed by atoms with van der Waals surface area (Å²) in [5.41, 5.74) is 2.56. The maximum absolute atomic E-state index is 14.3. The number of carbonyl (C=O) groups is 2. The number of fused-ring (bicyclic) bond motifs is 4. The Labute approximate surface area is 195 Å². The van der Waals surface area contributed by atoms with Gasteiger partial charge in [-0.1, -0.05) is 76.6 Å². The molecule has 1 amide bonds. The Morgan fingerprint density at radius 3 is 2.47 bits per heavy atom. The van der Waals surface area contributed by atoms with Crippen LogP contribution in [0.2, 0.25) is 0 Å². The average molecular weight is 487 g/mol. The van der Waals surface area contributed by atoms with Crippen LogP contribution in [0.4, 0.5) is 5.69 Å². The van der Waals surface area contributed by atoms with E-state index in [4.69, 9.17) is 0 Å². The van der Waals surface area contributed by atoms with Crippen LogP contribution in [0.5, 0.6) is 0 Å². The molecule has 32 heavy (non-hydrogen) atoms. The van der Waals surface area contributed by atoms with Crippen molar-refractivity contribution in [3.05, 3.63) is 100 Å². The summed E-state index contributed by atoms with van der Waals surface area (Å²) in [5.74, 6) is -0.584. The van der Waals surface area contributed by atoms with Gasteiger partial charge in [0.1, 0.15) is 5.54 Å². The van der Waals surface area contributed by atoms with E-state index in [1.54, 1.807) is 0 Å². The largest absolute Gasteiger partial charge is 0.324 e. The van der Waals surface area contributed by atoms with Crippen molar-refractivity contribution in [3.63, 3.8) is 0 Å². The van der Waals surface area contributed by atoms with E-state index in [0.717, 1.165) is 40.7 Å². The van der Waals surface area contributed by atoms with Gasteiger partial charge in [0.15, 0.2) is 5.78 Å². The number of hydrogen-bond acceptors (Lipinski definition) is 3. The molecule has 3 aromatic rings. The Hall–Kier alpha value is -2.76. The van der Waals surface area contributed by atoms with E-state index in [9.17, 15) is 9.59 Å². The van der Waals surface area contributed by atoms with Crippen LogP contribution >= 0.6 is 15.9 Å². The first kappa shape index (κ1) is 19.9. The van der Waals surface area contributed by atoms with E-state index in [0.29, 0.717) is 5.56 Å². The van der Waals surface area contributed by atoms with Gasteiger partial charge in [-0.25, -0.2) is 0 Å². The number of anilines is 1. The van der Waals surface area contributed by atoms with E-state index < -0.39 is 11.5 Å². The van der Waals surface area contributed by atoms with Crippen LogP contribution in [0.3, 0.4) is 0 Å². The van der Waals surface area contributed by atoms with Crippen molar-refractivity contribution < 1.29 is 9.59 Å². The fourth-order valence-electron chi connectivity index (χ4n) is 6.36. The number of hydrogen-bond donors (Lipinski definition) is 1. The van der Waals surface area contributed by atoms with Crippen LogP contribution in [-0.2, 0) is 10.3 Å². The van der Waals surface area contributed by atoms with Crippen LogP contribution in [0.1, 0.15) is 40.2 Å². The Morgan fingerprint density at radius 1 is 0.969 bits per heavy atom. The lowest BCUT2D eigenvalue weighted by Crippen LogP contribution is -2.52. The smallest absolute Gasteiger partial charge is 0.250 e. The number of para-hydroxylation sites is 1. The molecular formula is C27H23BrN2O2. The number of halogens is 1. The Kier molecular flexibility index (Phi) is 4.60. The molecule has 5 heteroatoms. The zero-order chi connectivity index (χ0) is 21.9. The molecule has 0 radical (unpaired) electrons. The van der Waals surface area contributed by atoms with E-state index in [-0.39, 0.29) is 23.7 Å². The molecule has 1 spiro atoms. The molecule has 6 rings (SSSR count). The van der Waals surface area contributed by atoms with Crippen molar-refractivity contribution in [1.29, 1.82) is 0 Å². The average Bonchev–Trinajstić information content (AvgIpc) is 3.48. The molecule has 3 heterocycles. The molecule has 2 fully saturated rings. The lowest BCUT2D eigenvalue weighted by Gasteiger charge is -2.36. The van der Waals surface area contributed by atoms with Gasteiger partial charge in [-0.2, -0.15) is 0 Å². The molecule has 0 bridgehead atoms. The lowest BCUT2D eigenvalue weighted by atomic mass is 9.69. The molecule has 4 nitrogen and oxygen atoms in total. The quantitative estimate of drug-likeness (QED) is 0.507. The highest BCUT2D eigenvalue weighted by molar-refractivity contribution is 9.10. The van der Waals surface area contributed by atoms with E-state index in [1.807, 2.05) is 66.7 Å². The van der Waals surface area contributed by atoms with Crippen molar-refractivity contribution in [2.24, 2.45) is 5.92 Å². The monoisotopic (exact) mass is 486 g/mol. The minimum atomic E-state index is -0.984. The first-order valence-electron chi connectivity index (χ1n) is 11.1. The number of amides is 1. The molecule has 4 atom stereocenters. The van der Waals surface area contributed by atoms with Crippen molar-refractivity contribution in [2.45, 2.75) is 30.3 Å². The molecule has 4 unspecified atom stereocenters. The second kappa shape index (κ2) is 7.39. The van der Waals surface area contributed by atoms with Crippen LogP contribution in [0.25, 0.3) is 0 Å². The molecular weight excluding hydrogens is 464 g/mol. The van der Waals surface area contributed by atoms with Gasteiger partial charge in [0, 0.05) is 33.2 Å². The number of nitrogens with zero attached hydrogens (tertiary/aromatic N) is 1. The van der Waals surface area contributed by atoms with E-state index in [2.05, 4.69) is 38.3 Å². The number of benzene rings is 3. The fourth-order valence-corrected chi connectivity index (χ4v) is 6.62. The van der Waals surface area contributed by atoms with Crippen molar-refractivity contribution in [2.75, 3.05) is 11.9 Å². The van der Waals surface area contributed by atoms with Gasteiger partial charge in [-0.15, -0.1) is 0 Å². The Bertz CT molecular complexity index is 1210. The summed E-state index contributed by atoms with van der Waals surface area (Å²) >= 11 is 3.47. The third kappa shape index (κ3) is 2.64. The van der Waals surface area contributed by atoms with E-state index >= 15 is 0 Å². The second-order valence-electron chi connectivity index (χ2n) is 8.95. The molecule has 0 saturated carbocycles. The minimum absolute atomic E-state index is 0.0348. The fraction of sp³-hybridized carbons (Fsp3) is 0.259. The first-order valence-corrected chi connectivity index (χ1v) is 11.9. The van der Waals surface area contributed by atoms with Gasteiger partial charge in [0.25, 0.3) is 0 Å². The van der Waals surface area contributed by atoms with Gasteiger partial charge < -0.3 is 5.32 Å². The predicted octanol–water partition coefficient (Wildman–Crippen LogP) is 5.36. The molecule has 3 aliphatic rings. The summed E-state index contributed by atoms with van der Waals surface area (Å²) in [5, 5.41) is 3.12. The van der Waals surface area contributed by atoms with Crippen LogP contribution < -0.4 is 5.32 Å². The predicted molar refractivity (Wildman–Crippen MR) is 128 cm³/mol. The van der Waals surface area contributed by atoms with Crippen LogP contribution in [-0.4, -0.2) is 29.2 Å². The maximum atomic E-state index is 14.3. The molecule has 160 valence electrons. The van der Waals surface area contributed by atoms with Crippen LogP contribution in [0.15, 0.2) is 83.3 Å². The normalized spacial score (nSPS) is 28.5. The zero-order valence-corrected chi connectivity index (χ0v) is 19.1. The highest BCUT2D eigenvalue weighted by Gasteiger charge is 2.69. The number of rotatable bonds is 3. The summed E-state index contributed by atoms with van der Waals surface area (Å²) < 4.78 is 0.930. The number of ketones is 1. The maximum Gasteiger partial charge on any atom is 0.250 e. The van der Waals surface area contributed by atoms with Gasteiger partial charge in [-0.3, -0.25) is 14.5 Å². The SMILES string of the molecule is O=C(c1ccc(Br)cc1)C1C(c2ccccc2)C2CCCN2C12C(=O)Nc1ccccc12. The number of Topliss-reactive ketones (excluding diaryl/α,β-unsaturated/α-hetero) is 1. The summed E-state index contributed by atoms with van der Waals surface area (Å²) in [6.07, 6.45) is 2.02. The first-order chi connectivity index (χ1) is 15.6. The van der Waals surface area contributed by atoms with Gasteiger partial charge in [0.05, 0.1) is 5.92 Å². The zero-order valence-electron chi connectivity index (χ0n) is 17.5. The minimum Gasteiger partial charge on any atom is -0.324 e. The molecule has 0 aromatic heterocycles. The topological polar surface area (TPSA) is 49.4 Å².